The molecule has 7 N–H and O–H groups in total. The minimum absolute atomic E-state index is 0. The Labute approximate surface area is 515 Å². The average molecular weight is 1270 g/mol. The molecule has 0 aliphatic carbocycles. The Balaban J connectivity index is 0.000000237. The number of hydrogen-bond donors (Lipinski definition) is 5. The number of anilines is 4. The molecule has 3 heterocycles. The molecule has 0 saturated carbocycles. The molecule has 0 bridgehead atoms. The van der Waals surface area contributed by atoms with E-state index in [1.165, 1.54) is 12.1 Å². The molecule has 0 atom stereocenters. The van der Waals surface area contributed by atoms with Crippen molar-refractivity contribution in [2.24, 2.45) is 5.14 Å². The van der Waals surface area contributed by atoms with E-state index < -0.39 is 43.1 Å². The van der Waals surface area contributed by atoms with E-state index in [1.807, 2.05) is 69.8 Å². The van der Waals surface area contributed by atoms with Gasteiger partial charge in [-0.3, -0.25) is 19.2 Å². The molecule has 0 fully saturated rings. The summed E-state index contributed by atoms with van der Waals surface area (Å²) in [7, 11) is -7.43. The second kappa shape index (κ2) is 31.0. The maximum Gasteiger partial charge on any atom is 0.321 e. The topological polar surface area (TPSA) is 287 Å². The fourth-order valence-corrected chi connectivity index (χ4v) is 10.5. The van der Waals surface area contributed by atoms with Crippen LogP contribution in [0.4, 0.5) is 23.1 Å². The number of nitrogens with two attached hydrogens (primary N) is 2. The fourth-order valence-electron chi connectivity index (χ4n) is 8.01. The van der Waals surface area contributed by atoms with Crippen LogP contribution in [0, 0.1) is 0 Å². The summed E-state index contributed by atoms with van der Waals surface area (Å²) in [4.78, 5) is 61.7. The summed E-state index contributed by atoms with van der Waals surface area (Å²) >= 11 is 18.0. The summed E-state index contributed by atoms with van der Waals surface area (Å²) in [6.07, 6.45) is 10.0. The third-order valence-corrected chi connectivity index (χ3v) is 14.3. The number of carbonyl (C=O) groups is 4. The van der Waals surface area contributed by atoms with Crippen molar-refractivity contribution in [2.45, 2.75) is 72.4 Å². The summed E-state index contributed by atoms with van der Waals surface area (Å²) in [6, 6.07) is 41.8. The number of nitrogens with zero attached hydrogens (tertiary/aromatic N) is 6. The molecule has 9 rings (SSSR count). The Morgan fingerprint density at radius 1 is 0.500 bits per heavy atom. The molecule has 0 radical (unpaired) electrons. The second-order valence-corrected chi connectivity index (χ2v) is 25.0. The first-order valence-electron chi connectivity index (χ1n) is 25.5. The molecule has 6 aromatic carbocycles. The lowest BCUT2D eigenvalue weighted by atomic mass is 10.1. The van der Waals surface area contributed by atoms with Gasteiger partial charge in [0.1, 0.15) is 11.4 Å². The lowest BCUT2D eigenvalue weighted by Gasteiger charge is -2.19. The monoisotopic (exact) mass is 1270 g/mol. The number of nitrogen functional groups attached to an aromatic ring is 1. The van der Waals surface area contributed by atoms with Crippen molar-refractivity contribution in [1.82, 2.24) is 28.7 Å². The van der Waals surface area contributed by atoms with Crippen molar-refractivity contribution in [3.63, 3.8) is 0 Å². The minimum Gasteiger partial charge on any atom is -0.459 e. The molecule has 3 amide bonds. The fraction of sp³-hybridized carbons (Fsp3) is 0.197. The third-order valence-electron chi connectivity index (χ3n) is 11.4. The van der Waals surface area contributed by atoms with Gasteiger partial charge in [0, 0.05) is 75.7 Å². The van der Waals surface area contributed by atoms with Crippen molar-refractivity contribution in [3.8, 4) is 0 Å². The SMILES string of the molecule is C.C.CC(C)(C)OC(=O)CS(=O)(=O)Cc1cccc(C(=O)Nc2cn(Cc3cccc(Cl)c3)cn2)c1.NS(=O)(=O)Cc1cccc(C(=O)Nc2cn(Cc3cccc(Cl)c3)cn2)c1.Nc1cccc(C(=O)Nc2cn(Cc3cccc(Cl)c3)cn2)c1. The van der Waals surface area contributed by atoms with E-state index in [1.54, 1.807) is 136 Å². The van der Waals surface area contributed by atoms with Crippen LogP contribution in [-0.2, 0) is 60.5 Å². The Kier molecular flexibility index (Phi) is 24.5. The Morgan fingerprint density at radius 2 is 0.837 bits per heavy atom. The Morgan fingerprint density at radius 3 is 1.19 bits per heavy atom. The quantitative estimate of drug-likeness (QED) is 0.0395. The van der Waals surface area contributed by atoms with Gasteiger partial charge in [-0.2, -0.15) is 0 Å². The van der Waals surface area contributed by atoms with Crippen molar-refractivity contribution in [2.75, 3.05) is 27.4 Å². The van der Waals surface area contributed by atoms with Crippen LogP contribution in [0.2, 0.25) is 15.1 Å². The molecule has 0 aliphatic heterocycles. The van der Waals surface area contributed by atoms with Gasteiger partial charge in [0.15, 0.2) is 27.3 Å². The number of hydrogen-bond acceptors (Lipinski definition) is 13. The first kappa shape index (κ1) is 68.1. The number of sulfonamides is 1. The molecule has 0 spiro atoms. The second-order valence-electron chi connectivity index (χ2n) is 20.0. The number of amides is 3. The highest BCUT2D eigenvalue weighted by Gasteiger charge is 2.24. The number of aromatic nitrogens is 6. The maximum atomic E-state index is 12.7. The van der Waals surface area contributed by atoms with Crippen LogP contribution in [-0.4, -0.2) is 80.5 Å². The number of halogens is 3. The zero-order chi connectivity index (χ0) is 60.6. The highest BCUT2D eigenvalue weighted by atomic mass is 35.5. The molecular weight excluding hydrogens is 1200 g/mol. The molecule has 452 valence electrons. The predicted octanol–water partition coefficient (Wildman–Crippen LogP) is 11.4. The van der Waals surface area contributed by atoms with E-state index in [0.717, 1.165) is 16.7 Å². The summed E-state index contributed by atoms with van der Waals surface area (Å²) < 4.78 is 57.8. The third kappa shape index (κ3) is 23.1. The van der Waals surface area contributed by atoms with Crippen LogP contribution in [0.15, 0.2) is 183 Å². The van der Waals surface area contributed by atoms with Crippen molar-refractivity contribution in [1.29, 1.82) is 0 Å². The standard InChI is InChI=1S/C24H26ClN3O5S.C18H17ClN4O3S.C17H15ClN4O.2CH4/c1-24(2,3)33-22(29)15-34(31,32)14-18-7-4-8-19(10-18)23(30)27-21-13-28(16-26-21)12-17-6-5-9-20(25)11-17;19-16-6-2-3-13(8-16)9-23-10-17(21-12-23)22-18(24)15-5-1-4-14(7-15)11-27(20,25)26;18-14-5-1-3-12(7-14)9-22-10-16(20-11-22)21-17(23)13-4-2-6-15(19)8-13;;/h4-11,13,16H,12,14-15H2,1-3H3,(H,27,30);1-8,10,12H,9,11H2,(H,22,24)(H2,20,25,26);1-8,10-11H,9,19H2,(H,21,23);2*1H4. The lowest BCUT2D eigenvalue weighted by molar-refractivity contribution is -0.151. The van der Waals surface area contributed by atoms with Crippen LogP contribution in [0.1, 0.15) is 94.5 Å². The van der Waals surface area contributed by atoms with Crippen LogP contribution < -0.4 is 26.8 Å². The first-order chi connectivity index (χ1) is 39.8. The van der Waals surface area contributed by atoms with Gasteiger partial charge in [-0.15, -0.1) is 0 Å². The van der Waals surface area contributed by atoms with Gasteiger partial charge in [-0.25, -0.2) is 36.9 Å². The van der Waals surface area contributed by atoms with Gasteiger partial charge in [-0.1, -0.05) is 116 Å². The van der Waals surface area contributed by atoms with E-state index in [4.69, 9.17) is 50.4 Å². The van der Waals surface area contributed by atoms with Crippen molar-refractivity contribution < 1.29 is 40.8 Å². The van der Waals surface area contributed by atoms with Gasteiger partial charge in [0.25, 0.3) is 17.7 Å². The van der Waals surface area contributed by atoms with Crippen molar-refractivity contribution in [3.05, 3.63) is 243 Å². The number of nitrogens with one attached hydrogen (secondary N) is 3. The normalized spacial score (nSPS) is 11.0. The number of esters is 1. The van der Waals surface area contributed by atoms with Gasteiger partial charge >= 0.3 is 5.97 Å². The minimum atomic E-state index is -3.77. The smallest absolute Gasteiger partial charge is 0.321 e. The van der Waals surface area contributed by atoms with Crippen molar-refractivity contribution >= 4 is 101 Å². The Hall–Kier alpha value is -8.64. The van der Waals surface area contributed by atoms with Gasteiger partial charge in [-0.05, 0) is 127 Å². The van der Waals surface area contributed by atoms with Gasteiger partial charge in [0.05, 0.1) is 30.5 Å². The summed E-state index contributed by atoms with van der Waals surface area (Å²) in [6.45, 7) is 6.73. The van der Waals surface area contributed by atoms with Gasteiger partial charge in [0.2, 0.25) is 10.0 Å². The van der Waals surface area contributed by atoms with Gasteiger partial charge < -0.3 is 40.1 Å². The highest BCUT2D eigenvalue weighted by Crippen LogP contribution is 2.19. The Bertz CT molecular complexity index is 4030. The largest absolute Gasteiger partial charge is 0.459 e. The molecule has 25 heteroatoms. The number of primary sulfonamides is 1. The molecule has 86 heavy (non-hydrogen) atoms. The number of benzene rings is 6. The molecular formula is C61H66Cl3N11O9S2. The van der Waals surface area contributed by atoms with Crippen LogP contribution in [0.25, 0.3) is 0 Å². The molecule has 3 aromatic heterocycles. The van der Waals surface area contributed by atoms with E-state index in [0.29, 0.717) is 80.1 Å². The lowest BCUT2D eigenvalue weighted by Crippen LogP contribution is -2.29. The van der Waals surface area contributed by atoms with Crippen LogP contribution >= 0.6 is 34.8 Å². The highest BCUT2D eigenvalue weighted by molar-refractivity contribution is 7.91. The number of imidazole rings is 3. The number of rotatable bonds is 18. The van der Waals surface area contributed by atoms with Crippen LogP contribution in [0.3, 0.4) is 0 Å². The average Bonchev–Trinajstić information content (AvgIpc) is 3.51. The van der Waals surface area contributed by atoms with E-state index in [2.05, 4.69) is 30.9 Å². The van der Waals surface area contributed by atoms with E-state index in [-0.39, 0.29) is 43.7 Å². The maximum absolute atomic E-state index is 12.7. The first-order valence-corrected chi connectivity index (χ1v) is 30.1. The zero-order valence-electron chi connectivity index (χ0n) is 45.5. The number of ether oxygens (including phenoxy) is 1. The summed E-state index contributed by atoms with van der Waals surface area (Å²) in [5.41, 5.74) is 10.4. The zero-order valence-corrected chi connectivity index (χ0v) is 49.4. The molecule has 0 aliphatic rings. The molecule has 20 nitrogen and oxygen atoms in total. The number of sulfone groups is 1. The summed E-state index contributed by atoms with van der Waals surface area (Å²) in [5, 5.41) is 15.2. The molecule has 0 saturated heterocycles. The van der Waals surface area contributed by atoms with Crippen LogP contribution in [0.5, 0.6) is 0 Å². The molecule has 9 aromatic rings. The summed E-state index contributed by atoms with van der Waals surface area (Å²) in [5.74, 6) is -2.10. The molecule has 0 unspecified atom stereocenters. The van der Waals surface area contributed by atoms with E-state index >= 15 is 0 Å². The van der Waals surface area contributed by atoms with E-state index in [9.17, 15) is 36.0 Å². The predicted molar refractivity (Wildman–Crippen MR) is 340 cm³/mol. The number of carbonyl (C=O) groups excluding carboxylic acids is 4.